The van der Waals surface area contributed by atoms with Gasteiger partial charge in [0, 0.05) is 18.2 Å². The van der Waals surface area contributed by atoms with Crippen molar-refractivity contribution in [2.75, 3.05) is 11.9 Å². The average molecular weight is 322 g/mol. The number of hydrogen-bond donors (Lipinski definition) is 2. The summed E-state index contributed by atoms with van der Waals surface area (Å²) in [6, 6.07) is 13.0. The molecule has 0 aliphatic heterocycles. The first kappa shape index (κ1) is 15.4. The highest BCUT2D eigenvalue weighted by atomic mass is 16.4. The highest BCUT2D eigenvalue weighted by Gasteiger charge is 2.18. The van der Waals surface area contributed by atoms with Gasteiger partial charge in [-0.2, -0.15) is 4.98 Å². The number of fused-ring (bicyclic) bond motifs is 1. The molecule has 0 fully saturated rings. The van der Waals surface area contributed by atoms with Crippen molar-refractivity contribution in [3.63, 3.8) is 0 Å². The number of carbonyl (C=O) groups is 1. The molecule has 2 aromatic carbocycles. The zero-order valence-electron chi connectivity index (χ0n) is 12.8. The number of nitrogen functional groups attached to an aromatic ring is 1. The molecule has 3 N–H and O–H groups in total. The summed E-state index contributed by atoms with van der Waals surface area (Å²) in [4.78, 5) is 29.9. The van der Waals surface area contributed by atoms with Gasteiger partial charge in [0.05, 0.1) is 10.9 Å². The van der Waals surface area contributed by atoms with Crippen LogP contribution in [0.1, 0.15) is 15.9 Å². The second-order valence-electron chi connectivity index (χ2n) is 5.16. The Balaban J connectivity index is 2.07. The second kappa shape index (κ2) is 5.96. The zero-order valence-corrected chi connectivity index (χ0v) is 12.8. The quantitative estimate of drug-likeness (QED) is 0.563. The summed E-state index contributed by atoms with van der Waals surface area (Å²) >= 11 is 0. The van der Waals surface area contributed by atoms with Crippen LogP contribution >= 0.6 is 0 Å². The van der Waals surface area contributed by atoms with Crippen LogP contribution in [0.15, 0.2) is 57.7 Å². The van der Waals surface area contributed by atoms with Crippen LogP contribution in [-0.2, 0) is 0 Å². The smallest absolute Gasteiger partial charge is 0.348 e. The zero-order chi connectivity index (χ0) is 17.3. The van der Waals surface area contributed by atoms with Gasteiger partial charge in [0.25, 0.3) is 5.91 Å². The van der Waals surface area contributed by atoms with Crippen molar-refractivity contribution in [3.8, 4) is 0 Å². The Morgan fingerprint density at radius 3 is 2.54 bits per heavy atom. The number of carbonyl (C=O) groups excluding carboxylic acids is 1. The van der Waals surface area contributed by atoms with Gasteiger partial charge in [-0.1, -0.05) is 24.3 Å². The van der Waals surface area contributed by atoms with E-state index in [2.05, 4.69) is 4.98 Å². The number of amidine groups is 1. The topological polar surface area (TPSA) is 113 Å². The lowest BCUT2D eigenvalue weighted by Crippen LogP contribution is -2.28. The Labute approximate surface area is 136 Å². The molecule has 0 saturated heterocycles. The van der Waals surface area contributed by atoms with Crippen molar-refractivity contribution in [3.05, 3.63) is 70.1 Å². The Hall–Kier alpha value is -3.48. The van der Waals surface area contributed by atoms with Gasteiger partial charge in [0.15, 0.2) is 0 Å². The van der Waals surface area contributed by atoms with Crippen molar-refractivity contribution in [2.45, 2.75) is 0 Å². The second-order valence-corrected chi connectivity index (χ2v) is 5.16. The molecule has 0 saturated carbocycles. The molecule has 0 unspecified atom stereocenters. The normalized spacial score (nSPS) is 10.5. The standard InChI is InChI=1S/C17H14N4O3/c1-21(15(22)10-5-3-2-4-6-10)17-20-13-9-11(14(18)19)7-8-12(13)16(23)24-17/h2-9H,1H3,(H3,18,19). The van der Waals surface area contributed by atoms with E-state index in [0.717, 1.165) is 4.90 Å². The molecule has 1 amide bonds. The molecule has 24 heavy (non-hydrogen) atoms. The van der Waals surface area contributed by atoms with Gasteiger partial charge in [-0.25, -0.2) is 4.79 Å². The molecule has 0 aliphatic rings. The van der Waals surface area contributed by atoms with Crippen LogP contribution in [0.25, 0.3) is 10.9 Å². The van der Waals surface area contributed by atoms with Crippen LogP contribution < -0.4 is 16.3 Å². The van der Waals surface area contributed by atoms with Crippen LogP contribution in [0.4, 0.5) is 6.01 Å². The van der Waals surface area contributed by atoms with E-state index in [1.165, 1.54) is 19.2 Å². The monoisotopic (exact) mass is 322 g/mol. The molecule has 0 bridgehead atoms. The van der Waals surface area contributed by atoms with Gasteiger partial charge in [-0.3, -0.25) is 15.1 Å². The lowest BCUT2D eigenvalue weighted by atomic mass is 10.1. The van der Waals surface area contributed by atoms with Crippen molar-refractivity contribution >= 4 is 28.7 Å². The lowest BCUT2D eigenvalue weighted by molar-refractivity contribution is 0.0987. The van der Waals surface area contributed by atoms with Gasteiger partial charge in [-0.05, 0) is 24.3 Å². The number of anilines is 1. The number of amides is 1. The number of aromatic nitrogens is 1. The van der Waals surface area contributed by atoms with Gasteiger partial charge < -0.3 is 10.2 Å². The summed E-state index contributed by atoms with van der Waals surface area (Å²) in [5.74, 6) is -0.490. The lowest BCUT2D eigenvalue weighted by Gasteiger charge is -2.14. The third-order valence-electron chi connectivity index (χ3n) is 3.54. The van der Waals surface area contributed by atoms with Crippen LogP contribution in [0.2, 0.25) is 0 Å². The van der Waals surface area contributed by atoms with Crippen molar-refractivity contribution in [2.24, 2.45) is 5.73 Å². The van der Waals surface area contributed by atoms with E-state index in [4.69, 9.17) is 15.6 Å². The average Bonchev–Trinajstić information content (AvgIpc) is 2.60. The molecule has 0 spiro atoms. The first-order valence-electron chi connectivity index (χ1n) is 7.10. The Bertz CT molecular complexity index is 996. The summed E-state index contributed by atoms with van der Waals surface area (Å²) in [5.41, 5.74) is 6.03. The number of nitrogens with one attached hydrogen (secondary N) is 1. The molecule has 0 aliphatic carbocycles. The summed E-state index contributed by atoms with van der Waals surface area (Å²) in [5, 5.41) is 7.72. The summed E-state index contributed by atoms with van der Waals surface area (Å²) in [6.07, 6.45) is 0. The number of nitrogens with zero attached hydrogens (tertiary/aromatic N) is 2. The molecule has 7 heteroatoms. The van der Waals surface area contributed by atoms with Gasteiger partial charge in [0.1, 0.15) is 5.84 Å². The Kier molecular flexibility index (Phi) is 3.83. The molecule has 0 atom stereocenters. The predicted molar refractivity (Wildman–Crippen MR) is 90.5 cm³/mol. The molecule has 0 radical (unpaired) electrons. The summed E-state index contributed by atoms with van der Waals surface area (Å²) < 4.78 is 5.15. The molecule has 1 aromatic heterocycles. The minimum Gasteiger partial charge on any atom is -0.388 e. The highest BCUT2D eigenvalue weighted by molar-refractivity contribution is 6.05. The molecular weight excluding hydrogens is 308 g/mol. The molecule has 120 valence electrons. The maximum atomic E-state index is 12.4. The molecule has 3 rings (SSSR count). The van der Waals surface area contributed by atoms with E-state index in [1.807, 2.05) is 0 Å². The van der Waals surface area contributed by atoms with E-state index in [-0.39, 0.29) is 23.1 Å². The Morgan fingerprint density at radius 2 is 1.88 bits per heavy atom. The number of benzene rings is 2. The Morgan fingerprint density at radius 1 is 1.17 bits per heavy atom. The van der Waals surface area contributed by atoms with Gasteiger partial charge >= 0.3 is 11.6 Å². The van der Waals surface area contributed by atoms with Crippen molar-refractivity contribution < 1.29 is 9.21 Å². The molecule has 3 aromatic rings. The largest absolute Gasteiger partial charge is 0.388 e. The predicted octanol–water partition coefficient (Wildman–Crippen LogP) is 1.75. The van der Waals surface area contributed by atoms with E-state index in [9.17, 15) is 9.59 Å². The fraction of sp³-hybridized carbons (Fsp3) is 0.0588. The van der Waals surface area contributed by atoms with Gasteiger partial charge in [0.2, 0.25) is 0 Å². The number of nitrogens with two attached hydrogens (primary N) is 1. The minimum absolute atomic E-state index is 0.123. The summed E-state index contributed by atoms with van der Waals surface area (Å²) in [6.45, 7) is 0. The fourth-order valence-corrected chi connectivity index (χ4v) is 2.23. The van der Waals surface area contributed by atoms with E-state index in [0.29, 0.717) is 16.6 Å². The maximum Gasteiger partial charge on any atom is 0.348 e. The number of rotatable bonds is 3. The minimum atomic E-state index is -0.613. The van der Waals surface area contributed by atoms with Crippen molar-refractivity contribution in [1.29, 1.82) is 5.41 Å². The van der Waals surface area contributed by atoms with Gasteiger partial charge in [-0.15, -0.1) is 0 Å². The molecule has 7 nitrogen and oxygen atoms in total. The van der Waals surface area contributed by atoms with E-state index in [1.54, 1.807) is 36.4 Å². The first-order chi connectivity index (χ1) is 11.5. The van der Waals surface area contributed by atoms with E-state index < -0.39 is 5.63 Å². The SMILES string of the molecule is CN(C(=O)c1ccccc1)c1nc2cc(C(=N)N)ccc2c(=O)o1. The van der Waals surface area contributed by atoms with Crippen molar-refractivity contribution in [1.82, 2.24) is 4.98 Å². The third kappa shape index (κ3) is 2.74. The molecular formula is C17H14N4O3. The highest BCUT2D eigenvalue weighted by Crippen LogP contribution is 2.17. The molecule has 1 heterocycles. The van der Waals surface area contributed by atoms with Crippen LogP contribution in [0.5, 0.6) is 0 Å². The maximum absolute atomic E-state index is 12.4. The van der Waals surface area contributed by atoms with Crippen LogP contribution in [0.3, 0.4) is 0 Å². The van der Waals surface area contributed by atoms with E-state index >= 15 is 0 Å². The summed E-state index contributed by atoms with van der Waals surface area (Å²) in [7, 11) is 1.47. The van der Waals surface area contributed by atoms with Crippen LogP contribution in [-0.4, -0.2) is 23.8 Å². The first-order valence-corrected chi connectivity index (χ1v) is 7.10. The number of hydrogen-bond acceptors (Lipinski definition) is 5. The fourth-order valence-electron chi connectivity index (χ4n) is 2.23. The van der Waals surface area contributed by atoms with Crippen LogP contribution in [0, 0.1) is 5.41 Å². The third-order valence-corrected chi connectivity index (χ3v) is 3.54.